The van der Waals surface area contributed by atoms with E-state index in [9.17, 15) is 9.59 Å². The highest BCUT2D eigenvalue weighted by molar-refractivity contribution is 6.05. The van der Waals surface area contributed by atoms with Crippen molar-refractivity contribution in [1.82, 2.24) is 0 Å². The Morgan fingerprint density at radius 2 is 1.56 bits per heavy atom. The molecule has 0 aromatic heterocycles. The summed E-state index contributed by atoms with van der Waals surface area (Å²) >= 11 is 0. The number of hydrogen-bond donors (Lipinski definition) is 0. The zero-order valence-electron chi connectivity index (χ0n) is 10.7. The lowest BCUT2D eigenvalue weighted by Crippen LogP contribution is -2.31. The van der Waals surface area contributed by atoms with Gasteiger partial charge in [0.15, 0.2) is 5.41 Å². The van der Waals surface area contributed by atoms with Crippen molar-refractivity contribution in [3.63, 3.8) is 0 Å². The highest BCUT2D eigenvalue weighted by Gasteiger charge is 2.74. The Bertz CT molecular complexity index is 450. The predicted molar refractivity (Wildman–Crippen MR) is 64.8 cm³/mol. The third kappa shape index (κ3) is 1.52. The summed E-state index contributed by atoms with van der Waals surface area (Å²) in [6, 6.07) is 9.50. The second kappa shape index (κ2) is 4.44. The van der Waals surface area contributed by atoms with Crippen LogP contribution in [0.1, 0.15) is 18.4 Å². The summed E-state index contributed by atoms with van der Waals surface area (Å²) < 4.78 is 9.57. The maximum absolute atomic E-state index is 12.0. The average molecular weight is 248 g/mol. The topological polar surface area (TPSA) is 52.6 Å². The molecule has 1 aliphatic rings. The van der Waals surface area contributed by atoms with E-state index >= 15 is 0 Å². The molecule has 1 aromatic carbocycles. The Balaban J connectivity index is 2.40. The van der Waals surface area contributed by atoms with Crippen LogP contribution >= 0.6 is 0 Å². The fraction of sp³-hybridized carbons (Fsp3) is 0.429. The van der Waals surface area contributed by atoms with Crippen LogP contribution in [0, 0.1) is 11.3 Å². The Hall–Kier alpha value is -1.84. The van der Waals surface area contributed by atoms with Crippen molar-refractivity contribution in [1.29, 1.82) is 0 Å². The SMILES string of the molecule is COC(=O)C1(C(=O)OC)C(C)[C@@H]1c1ccccc1. The third-order valence-electron chi connectivity index (χ3n) is 3.80. The molecular weight excluding hydrogens is 232 g/mol. The van der Waals surface area contributed by atoms with Crippen LogP contribution in [-0.2, 0) is 19.1 Å². The first-order valence-corrected chi connectivity index (χ1v) is 5.82. The number of esters is 2. The predicted octanol–water partition coefficient (Wildman–Crippen LogP) is 1.75. The first kappa shape index (κ1) is 12.6. The zero-order chi connectivity index (χ0) is 13.3. The van der Waals surface area contributed by atoms with Crippen LogP contribution in [0.5, 0.6) is 0 Å². The van der Waals surface area contributed by atoms with E-state index in [1.54, 1.807) is 0 Å². The van der Waals surface area contributed by atoms with Gasteiger partial charge >= 0.3 is 11.9 Å². The Labute approximate surface area is 106 Å². The largest absolute Gasteiger partial charge is 0.468 e. The van der Waals surface area contributed by atoms with Crippen molar-refractivity contribution in [2.45, 2.75) is 12.8 Å². The van der Waals surface area contributed by atoms with Gasteiger partial charge in [0.25, 0.3) is 0 Å². The monoisotopic (exact) mass is 248 g/mol. The van der Waals surface area contributed by atoms with Gasteiger partial charge in [0, 0.05) is 5.92 Å². The van der Waals surface area contributed by atoms with Gasteiger partial charge in [-0.2, -0.15) is 0 Å². The maximum Gasteiger partial charge on any atom is 0.324 e. The lowest BCUT2D eigenvalue weighted by Gasteiger charge is -2.12. The third-order valence-corrected chi connectivity index (χ3v) is 3.80. The molecule has 1 aromatic rings. The molecule has 2 atom stereocenters. The van der Waals surface area contributed by atoms with Crippen molar-refractivity contribution >= 4 is 11.9 Å². The molecule has 1 fully saturated rings. The molecule has 0 N–H and O–H groups in total. The Morgan fingerprint density at radius 1 is 1.06 bits per heavy atom. The van der Waals surface area contributed by atoms with Crippen LogP contribution in [-0.4, -0.2) is 26.2 Å². The number of benzene rings is 1. The van der Waals surface area contributed by atoms with Gasteiger partial charge in [-0.25, -0.2) is 0 Å². The number of hydrogen-bond acceptors (Lipinski definition) is 4. The van der Waals surface area contributed by atoms with Gasteiger partial charge in [0.2, 0.25) is 0 Å². The van der Waals surface area contributed by atoms with Crippen LogP contribution < -0.4 is 0 Å². The number of carbonyl (C=O) groups excluding carboxylic acids is 2. The van der Waals surface area contributed by atoms with Gasteiger partial charge in [-0.3, -0.25) is 9.59 Å². The van der Waals surface area contributed by atoms with Crippen LogP contribution in [0.3, 0.4) is 0 Å². The van der Waals surface area contributed by atoms with Gasteiger partial charge in [-0.1, -0.05) is 37.3 Å². The lowest BCUT2D eigenvalue weighted by molar-refractivity contribution is -0.162. The minimum atomic E-state index is -1.18. The van der Waals surface area contributed by atoms with E-state index in [2.05, 4.69) is 0 Å². The minimum absolute atomic E-state index is 0.111. The molecule has 0 spiro atoms. The summed E-state index contributed by atoms with van der Waals surface area (Å²) in [5, 5.41) is 0. The molecule has 1 aliphatic carbocycles. The molecule has 0 aliphatic heterocycles. The molecule has 18 heavy (non-hydrogen) atoms. The molecule has 0 saturated heterocycles. The smallest absolute Gasteiger partial charge is 0.324 e. The zero-order valence-corrected chi connectivity index (χ0v) is 10.7. The van der Waals surface area contributed by atoms with E-state index < -0.39 is 17.4 Å². The van der Waals surface area contributed by atoms with Gasteiger partial charge < -0.3 is 9.47 Å². The Morgan fingerprint density at radius 3 is 2.00 bits per heavy atom. The molecule has 4 heteroatoms. The van der Waals surface area contributed by atoms with Crippen molar-refractivity contribution in [3.05, 3.63) is 35.9 Å². The summed E-state index contributed by atoms with van der Waals surface area (Å²) in [6.07, 6.45) is 0. The van der Waals surface area contributed by atoms with Crippen molar-refractivity contribution < 1.29 is 19.1 Å². The van der Waals surface area contributed by atoms with E-state index in [0.29, 0.717) is 0 Å². The molecule has 0 bridgehead atoms. The highest BCUT2D eigenvalue weighted by Crippen LogP contribution is 2.65. The van der Waals surface area contributed by atoms with Gasteiger partial charge in [-0.05, 0) is 11.5 Å². The number of ether oxygens (including phenoxy) is 2. The molecule has 2 rings (SSSR count). The maximum atomic E-state index is 12.0. The fourth-order valence-electron chi connectivity index (χ4n) is 2.82. The first-order valence-electron chi connectivity index (χ1n) is 5.82. The number of methoxy groups -OCH3 is 2. The second-order valence-electron chi connectivity index (χ2n) is 4.53. The summed E-state index contributed by atoms with van der Waals surface area (Å²) in [6.45, 7) is 1.87. The summed E-state index contributed by atoms with van der Waals surface area (Å²) in [5.41, 5.74) is -0.217. The molecular formula is C14H16O4. The van der Waals surface area contributed by atoms with Crippen molar-refractivity contribution in [2.75, 3.05) is 14.2 Å². The van der Waals surface area contributed by atoms with Crippen molar-refractivity contribution in [3.8, 4) is 0 Å². The Kier molecular flexibility index (Phi) is 3.11. The van der Waals surface area contributed by atoms with E-state index in [4.69, 9.17) is 9.47 Å². The molecule has 96 valence electrons. The van der Waals surface area contributed by atoms with Crippen LogP contribution in [0.4, 0.5) is 0 Å². The van der Waals surface area contributed by atoms with Gasteiger partial charge in [0.05, 0.1) is 14.2 Å². The number of carbonyl (C=O) groups is 2. The van der Waals surface area contributed by atoms with Crippen LogP contribution in [0.2, 0.25) is 0 Å². The second-order valence-corrected chi connectivity index (χ2v) is 4.53. The molecule has 1 saturated carbocycles. The van der Waals surface area contributed by atoms with E-state index in [1.807, 2.05) is 37.3 Å². The lowest BCUT2D eigenvalue weighted by atomic mass is 9.99. The van der Waals surface area contributed by atoms with Crippen LogP contribution in [0.15, 0.2) is 30.3 Å². The summed E-state index contributed by atoms with van der Waals surface area (Å²) in [5.74, 6) is -1.31. The highest BCUT2D eigenvalue weighted by atomic mass is 16.5. The quantitative estimate of drug-likeness (QED) is 0.604. The molecule has 1 unspecified atom stereocenters. The molecule has 4 nitrogen and oxygen atoms in total. The van der Waals surface area contributed by atoms with Gasteiger partial charge in [0.1, 0.15) is 0 Å². The summed E-state index contributed by atoms with van der Waals surface area (Å²) in [7, 11) is 2.58. The fourth-order valence-corrected chi connectivity index (χ4v) is 2.82. The van der Waals surface area contributed by atoms with E-state index in [-0.39, 0.29) is 11.8 Å². The average Bonchev–Trinajstić information content (AvgIpc) is 3.05. The summed E-state index contributed by atoms with van der Waals surface area (Å²) in [4.78, 5) is 23.9. The standard InChI is InChI=1S/C14H16O4/c1-9-11(10-7-5-4-6-8-10)14(9,12(15)17-2)13(16)18-3/h4-9,11H,1-3H3/t9?,11-/m1/s1. The van der Waals surface area contributed by atoms with E-state index in [1.165, 1.54) is 14.2 Å². The normalized spacial score (nSPS) is 24.2. The molecule has 0 amide bonds. The van der Waals surface area contributed by atoms with Crippen LogP contribution in [0.25, 0.3) is 0 Å². The van der Waals surface area contributed by atoms with E-state index in [0.717, 1.165) is 5.56 Å². The minimum Gasteiger partial charge on any atom is -0.468 e. The van der Waals surface area contributed by atoms with Gasteiger partial charge in [-0.15, -0.1) is 0 Å². The number of rotatable bonds is 3. The van der Waals surface area contributed by atoms with Crippen molar-refractivity contribution in [2.24, 2.45) is 11.3 Å². The first-order chi connectivity index (χ1) is 8.60. The molecule has 0 heterocycles. The molecule has 0 radical (unpaired) electrons.